The van der Waals surface area contributed by atoms with Crippen LogP contribution in [0.5, 0.6) is 0 Å². The number of aryl methyl sites for hydroxylation is 2. The predicted octanol–water partition coefficient (Wildman–Crippen LogP) is 6.73. The van der Waals surface area contributed by atoms with E-state index in [0.717, 1.165) is 19.3 Å². The molecule has 0 radical (unpaired) electrons. The van der Waals surface area contributed by atoms with Gasteiger partial charge < -0.3 is 0 Å². The molecule has 3 atom stereocenters. The molecule has 2 aromatic rings. The van der Waals surface area contributed by atoms with Crippen molar-refractivity contribution in [3.63, 3.8) is 0 Å². The molecule has 1 aliphatic rings. The maximum absolute atomic E-state index is 14.9. The number of hydrogen-bond acceptors (Lipinski definition) is 0. The Kier molecular flexibility index (Phi) is 5.71. The molecule has 1 heteroatoms. The van der Waals surface area contributed by atoms with E-state index in [2.05, 4.69) is 62.4 Å². The van der Waals surface area contributed by atoms with Crippen LogP contribution in [0.2, 0.25) is 0 Å². The largest absolute Gasteiger partial charge is 0.247 e. The number of benzene rings is 2. The molecular weight excluding hydrogens is 295 g/mol. The average molecular weight is 324 g/mol. The van der Waals surface area contributed by atoms with Gasteiger partial charge in [0.25, 0.3) is 0 Å². The van der Waals surface area contributed by atoms with Crippen molar-refractivity contribution in [1.29, 1.82) is 0 Å². The van der Waals surface area contributed by atoms with Crippen LogP contribution in [0.1, 0.15) is 73.1 Å². The first-order valence-corrected chi connectivity index (χ1v) is 9.47. The summed E-state index contributed by atoms with van der Waals surface area (Å²) in [4.78, 5) is 0. The SMILES string of the molecule is CCCCc1ccc(C2CCC(c3ccc(C)cc3)C[C@H]2F)cc1. The standard InChI is InChI=1S/C23H29F/c1-3-4-5-18-8-12-20(13-9-18)22-15-14-21(16-23(22)24)19-10-6-17(2)7-11-19/h6-13,21-23H,3-5,14-16H2,1-2H3/t21?,22?,23-/m1/s1. The van der Waals surface area contributed by atoms with Gasteiger partial charge >= 0.3 is 0 Å². The van der Waals surface area contributed by atoms with Crippen molar-refractivity contribution in [1.82, 2.24) is 0 Å². The van der Waals surface area contributed by atoms with E-state index in [-0.39, 0.29) is 5.92 Å². The lowest BCUT2D eigenvalue weighted by molar-refractivity contribution is 0.198. The fourth-order valence-corrected chi connectivity index (χ4v) is 3.94. The van der Waals surface area contributed by atoms with Crippen LogP contribution in [0.4, 0.5) is 4.39 Å². The second kappa shape index (κ2) is 7.96. The van der Waals surface area contributed by atoms with Gasteiger partial charge in [-0.05, 0) is 61.6 Å². The van der Waals surface area contributed by atoms with E-state index in [0.29, 0.717) is 12.3 Å². The first kappa shape index (κ1) is 17.2. The van der Waals surface area contributed by atoms with E-state index in [1.54, 1.807) is 0 Å². The van der Waals surface area contributed by atoms with E-state index < -0.39 is 6.17 Å². The van der Waals surface area contributed by atoms with Crippen molar-refractivity contribution < 1.29 is 4.39 Å². The zero-order valence-corrected chi connectivity index (χ0v) is 15.0. The highest BCUT2D eigenvalue weighted by atomic mass is 19.1. The summed E-state index contributed by atoms with van der Waals surface area (Å²) in [5.41, 5.74) is 5.14. The lowest BCUT2D eigenvalue weighted by Crippen LogP contribution is -2.23. The van der Waals surface area contributed by atoms with Crippen LogP contribution in [0.15, 0.2) is 48.5 Å². The molecule has 24 heavy (non-hydrogen) atoms. The van der Waals surface area contributed by atoms with Gasteiger partial charge in [0.1, 0.15) is 6.17 Å². The van der Waals surface area contributed by atoms with E-state index >= 15 is 0 Å². The zero-order chi connectivity index (χ0) is 16.9. The second-order valence-corrected chi connectivity index (χ2v) is 7.39. The maximum atomic E-state index is 14.9. The minimum absolute atomic E-state index is 0.0759. The highest BCUT2D eigenvalue weighted by Crippen LogP contribution is 2.42. The molecule has 0 aromatic heterocycles. The number of halogens is 1. The Balaban J connectivity index is 1.64. The van der Waals surface area contributed by atoms with Crippen molar-refractivity contribution >= 4 is 0 Å². The maximum Gasteiger partial charge on any atom is 0.108 e. The van der Waals surface area contributed by atoms with Crippen molar-refractivity contribution in [2.75, 3.05) is 0 Å². The molecule has 2 aromatic carbocycles. The van der Waals surface area contributed by atoms with E-state index in [1.807, 2.05) is 0 Å². The molecule has 0 bridgehead atoms. The van der Waals surface area contributed by atoms with Crippen LogP contribution in [-0.4, -0.2) is 6.17 Å². The minimum Gasteiger partial charge on any atom is -0.247 e. The van der Waals surface area contributed by atoms with Crippen molar-refractivity contribution in [2.45, 2.75) is 70.4 Å². The van der Waals surface area contributed by atoms with Gasteiger partial charge in [-0.2, -0.15) is 0 Å². The van der Waals surface area contributed by atoms with Crippen LogP contribution >= 0.6 is 0 Å². The number of unbranched alkanes of at least 4 members (excludes halogenated alkanes) is 1. The van der Waals surface area contributed by atoms with Crippen molar-refractivity contribution in [3.8, 4) is 0 Å². The smallest absolute Gasteiger partial charge is 0.108 e. The average Bonchev–Trinajstić information content (AvgIpc) is 2.61. The van der Waals surface area contributed by atoms with Crippen molar-refractivity contribution in [3.05, 3.63) is 70.8 Å². The molecule has 2 unspecified atom stereocenters. The van der Waals surface area contributed by atoms with Gasteiger partial charge in [-0.1, -0.05) is 67.4 Å². The summed E-state index contributed by atoms with van der Waals surface area (Å²) in [6, 6.07) is 17.4. The third-order valence-electron chi connectivity index (χ3n) is 5.55. The van der Waals surface area contributed by atoms with Gasteiger partial charge in [-0.3, -0.25) is 0 Å². The third-order valence-corrected chi connectivity index (χ3v) is 5.55. The van der Waals surface area contributed by atoms with Gasteiger partial charge in [-0.25, -0.2) is 4.39 Å². The summed E-state index contributed by atoms with van der Waals surface area (Å²) in [5, 5.41) is 0. The Hall–Kier alpha value is -1.63. The van der Waals surface area contributed by atoms with Crippen LogP contribution in [-0.2, 0) is 6.42 Å². The van der Waals surface area contributed by atoms with Gasteiger partial charge in [0.05, 0.1) is 0 Å². The minimum atomic E-state index is -0.730. The molecule has 1 fully saturated rings. The Morgan fingerprint density at radius 1 is 0.917 bits per heavy atom. The highest BCUT2D eigenvalue weighted by Gasteiger charge is 2.32. The molecule has 0 nitrogen and oxygen atoms in total. The summed E-state index contributed by atoms with van der Waals surface area (Å²) in [7, 11) is 0. The van der Waals surface area contributed by atoms with E-state index in [9.17, 15) is 4.39 Å². The van der Waals surface area contributed by atoms with E-state index in [4.69, 9.17) is 0 Å². The fraction of sp³-hybridized carbons (Fsp3) is 0.478. The molecule has 128 valence electrons. The Bertz CT molecular complexity index is 626. The third kappa shape index (κ3) is 4.06. The van der Waals surface area contributed by atoms with Gasteiger partial charge in [0, 0.05) is 5.92 Å². The van der Waals surface area contributed by atoms with Crippen LogP contribution in [0, 0.1) is 6.92 Å². The van der Waals surface area contributed by atoms with Crippen LogP contribution in [0.3, 0.4) is 0 Å². The Morgan fingerprint density at radius 3 is 2.21 bits per heavy atom. The van der Waals surface area contributed by atoms with Gasteiger partial charge in [-0.15, -0.1) is 0 Å². The quantitative estimate of drug-likeness (QED) is 0.572. The second-order valence-electron chi connectivity index (χ2n) is 7.39. The highest BCUT2D eigenvalue weighted by molar-refractivity contribution is 5.29. The summed E-state index contributed by atoms with van der Waals surface area (Å²) in [6.07, 6.45) is 5.55. The van der Waals surface area contributed by atoms with Crippen LogP contribution < -0.4 is 0 Å². The Morgan fingerprint density at radius 2 is 1.58 bits per heavy atom. The molecule has 0 heterocycles. The molecule has 0 spiro atoms. The normalized spacial score (nSPS) is 24.0. The van der Waals surface area contributed by atoms with Crippen molar-refractivity contribution in [2.24, 2.45) is 0 Å². The lowest BCUT2D eigenvalue weighted by Gasteiger charge is -2.32. The number of alkyl halides is 1. The van der Waals surface area contributed by atoms with E-state index in [1.165, 1.54) is 35.1 Å². The predicted molar refractivity (Wildman–Crippen MR) is 100 cm³/mol. The fourth-order valence-electron chi connectivity index (χ4n) is 3.94. The molecular formula is C23H29F. The molecule has 1 saturated carbocycles. The number of hydrogen-bond donors (Lipinski definition) is 0. The summed E-state index contributed by atoms with van der Waals surface area (Å²) in [6.45, 7) is 4.32. The molecule has 3 rings (SSSR count). The monoisotopic (exact) mass is 324 g/mol. The molecule has 0 amide bonds. The first-order chi connectivity index (χ1) is 11.7. The zero-order valence-electron chi connectivity index (χ0n) is 15.0. The summed E-state index contributed by atoms with van der Waals surface area (Å²) >= 11 is 0. The first-order valence-electron chi connectivity index (χ1n) is 9.47. The van der Waals surface area contributed by atoms with Crippen LogP contribution in [0.25, 0.3) is 0 Å². The molecule has 0 aliphatic heterocycles. The molecule has 1 aliphatic carbocycles. The molecule has 0 N–H and O–H groups in total. The summed E-state index contributed by atoms with van der Waals surface area (Å²) < 4.78 is 14.9. The topological polar surface area (TPSA) is 0 Å². The Labute approximate surface area is 146 Å². The summed E-state index contributed by atoms with van der Waals surface area (Å²) in [5.74, 6) is 0.451. The molecule has 0 saturated heterocycles. The van der Waals surface area contributed by atoms with Gasteiger partial charge in [0.2, 0.25) is 0 Å². The van der Waals surface area contributed by atoms with Gasteiger partial charge in [0.15, 0.2) is 0 Å². The lowest BCUT2D eigenvalue weighted by atomic mass is 9.75. The number of rotatable bonds is 5.